The number of nitrogens with one attached hydrogen (secondary N) is 2. The van der Waals surface area contributed by atoms with Gasteiger partial charge in [0.15, 0.2) is 0 Å². The van der Waals surface area contributed by atoms with E-state index in [9.17, 15) is 19.5 Å². The molecule has 0 saturated heterocycles. The summed E-state index contributed by atoms with van der Waals surface area (Å²) in [6.45, 7) is 1.84. The highest BCUT2D eigenvalue weighted by Crippen LogP contribution is 2.10. The Morgan fingerprint density at radius 2 is 1.73 bits per heavy atom. The first kappa shape index (κ1) is 22.9. The zero-order valence-corrected chi connectivity index (χ0v) is 16.8. The largest absolute Gasteiger partial charge is 0.445 e. The third-order valence-electron chi connectivity index (χ3n) is 4.48. The Kier molecular flexibility index (Phi) is 8.83. The van der Waals surface area contributed by atoms with E-state index in [2.05, 4.69) is 10.6 Å². The molecule has 0 saturated carbocycles. The number of carbonyl (C=O) groups excluding carboxylic acids is 3. The summed E-state index contributed by atoms with van der Waals surface area (Å²) in [6, 6.07) is 15.7. The molecule has 0 bridgehead atoms. The van der Waals surface area contributed by atoms with Crippen LogP contribution in [-0.2, 0) is 27.4 Å². The second-order valence-electron chi connectivity index (χ2n) is 6.95. The molecule has 5 N–H and O–H groups in total. The van der Waals surface area contributed by atoms with Crippen molar-refractivity contribution in [1.82, 2.24) is 10.6 Å². The smallest absolute Gasteiger partial charge is 0.407 e. The van der Waals surface area contributed by atoms with Gasteiger partial charge in [0.2, 0.25) is 11.8 Å². The predicted molar refractivity (Wildman–Crippen MR) is 111 cm³/mol. The number of hydrogen-bond donors (Lipinski definition) is 4. The summed E-state index contributed by atoms with van der Waals surface area (Å²) in [4.78, 5) is 35.6. The topological polar surface area (TPSA) is 131 Å². The summed E-state index contributed by atoms with van der Waals surface area (Å²) in [5.41, 5.74) is 8.11. The molecule has 0 aliphatic carbocycles. The van der Waals surface area contributed by atoms with E-state index >= 15 is 0 Å². The summed E-state index contributed by atoms with van der Waals surface area (Å²) in [5.74, 6) is -1.21. The Morgan fingerprint density at radius 1 is 1.07 bits per heavy atom. The van der Waals surface area contributed by atoms with Gasteiger partial charge in [0, 0.05) is 13.0 Å². The molecule has 160 valence electrons. The molecule has 30 heavy (non-hydrogen) atoms. The molecule has 2 aromatic carbocycles. The van der Waals surface area contributed by atoms with Gasteiger partial charge in [-0.3, -0.25) is 9.59 Å². The lowest BCUT2D eigenvalue weighted by Crippen LogP contribution is -2.47. The molecule has 0 aromatic heterocycles. The predicted octanol–water partition coefficient (Wildman–Crippen LogP) is 1.19. The minimum Gasteiger partial charge on any atom is -0.445 e. The van der Waals surface area contributed by atoms with Gasteiger partial charge in [-0.05, 0) is 23.6 Å². The van der Waals surface area contributed by atoms with Crippen molar-refractivity contribution in [3.8, 4) is 0 Å². The van der Waals surface area contributed by atoms with Crippen LogP contribution in [0.3, 0.4) is 0 Å². The van der Waals surface area contributed by atoms with Crippen LogP contribution in [0.4, 0.5) is 4.79 Å². The van der Waals surface area contributed by atoms with Gasteiger partial charge >= 0.3 is 6.09 Å². The molecule has 0 fully saturated rings. The molecule has 2 rings (SSSR count). The number of alkyl carbamates (subject to hydrolysis) is 1. The van der Waals surface area contributed by atoms with Crippen molar-refractivity contribution in [2.24, 2.45) is 5.73 Å². The first-order chi connectivity index (χ1) is 14.3. The number of carbonyl (C=O) groups is 3. The number of benzene rings is 2. The molecule has 0 spiro atoms. The van der Waals surface area contributed by atoms with Crippen molar-refractivity contribution < 1.29 is 24.2 Å². The highest BCUT2D eigenvalue weighted by atomic mass is 16.5. The molecular weight excluding hydrogens is 386 g/mol. The van der Waals surface area contributed by atoms with Crippen molar-refractivity contribution in [1.29, 1.82) is 0 Å². The zero-order chi connectivity index (χ0) is 21.9. The lowest BCUT2D eigenvalue weighted by atomic mass is 10.0. The number of hydrogen-bond acceptors (Lipinski definition) is 5. The molecule has 3 amide bonds. The fourth-order valence-corrected chi connectivity index (χ4v) is 2.80. The molecule has 2 atom stereocenters. The van der Waals surface area contributed by atoms with Crippen LogP contribution in [-0.4, -0.2) is 41.7 Å². The van der Waals surface area contributed by atoms with E-state index in [-0.39, 0.29) is 26.0 Å². The molecule has 0 unspecified atom stereocenters. The van der Waals surface area contributed by atoms with Crippen LogP contribution in [0, 0.1) is 6.92 Å². The molecule has 8 nitrogen and oxygen atoms in total. The van der Waals surface area contributed by atoms with E-state index in [1.54, 1.807) is 0 Å². The fraction of sp³-hybridized carbons (Fsp3) is 0.318. The van der Waals surface area contributed by atoms with E-state index in [1.165, 1.54) is 0 Å². The van der Waals surface area contributed by atoms with E-state index in [1.807, 2.05) is 61.5 Å². The van der Waals surface area contributed by atoms with Crippen molar-refractivity contribution in [2.45, 2.75) is 38.5 Å². The van der Waals surface area contributed by atoms with Gasteiger partial charge in [-0.25, -0.2) is 4.79 Å². The third-order valence-corrected chi connectivity index (χ3v) is 4.48. The number of amides is 3. The molecule has 8 heteroatoms. The second kappa shape index (κ2) is 11.6. The maximum Gasteiger partial charge on any atom is 0.407 e. The monoisotopic (exact) mass is 413 g/mol. The highest BCUT2D eigenvalue weighted by Gasteiger charge is 2.21. The lowest BCUT2D eigenvalue weighted by Gasteiger charge is -2.18. The number of primary amides is 1. The van der Waals surface area contributed by atoms with E-state index in [0.29, 0.717) is 0 Å². The van der Waals surface area contributed by atoms with Gasteiger partial charge in [0.25, 0.3) is 0 Å². The van der Waals surface area contributed by atoms with Crippen molar-refractivity contribution >= 4 is 17.9 Å². The number of aliphatic hydroxyl groups is 1. The van der Waals surface area contributed by atoms with Crippen LogP contribution < -0.4 is 16.4 Å². The fourth-order valence-electron chi connectivity index (χ4n) is 2.80. The Bertz CT molecular complexity index is 857. The summed E-state index contributed by atoms with van der Waals surface area (Å²) in [6.07, 6.45) is -1.88. The van der Waals surface area contributed by atoms with E-state index in [0.717, 1.165) is 16.7 Å². The molecule has 0 aliphatic rings. The van der Waals surface area contributed by atoms with Crippen LogP contribution in [0.5, 0.6) is 0 Å². The molecule has 2 aromatic rings. The molecule has 0 heterocycles. The quantitative estimate of drug-likeness (QED) is 0.465. The van der Waals surface area contributed by atoms with E-state index in [4.69, 9.17) is 10.5 Å². The number of ether oxygens (including phenoxy) is 1. The van der Waals surface area contributed by atoms with Crippen molar-refractivity contribution in [2.75, 3.05) is 6.54 Å². The zero-order valence-electron chi connectivity index (χ0n) is 16.8. The second-order valence-corrected chi connectivity index (χ2v) is 6.95. The Balaban J connectivity index is 1.74. The van der Waals surface area contributed by atoms with Gasteiger partial charge < -0.3 is 26.2 Å². The standard InChI is InChI=1S/C22H27N3O5/c1-15-7-5-6-10-17(15)11-19(21(23)28)25-20(27)12-18(26)13-24-22(29)30-14-16-8-3-2-4-9-16/h2-10,18-19,26H,11-14H2,1H3,(H2,23,28)(H,24,29)(H,25,27)/t18-,19-/m1/s1. The van der Waals surface area contributed by atoms with Crippen molar-refractivity contribution in [3.63, 3.8) is 0 Å². The number of aryl methyl sites for hydroxylation is 1. The molecule has 0 aliphatic heterocycles. The first-order valence-corrected chi connectivity index (χ1v) is 9.61. The maximum atomic E-state index is 12.2. The Labute approximate surface area is 175 Å². The number of nitrogens with two attached hydrogens (primary N) is 1. The van der Waals surface area contributed by atoms with Crippen LogP contribution in [0.15, 0.2) is 54.6 Å². The van der Waals surface area contributed by atoms with Gasteiger partial charge in [-0.2, -0.15) is 0 Å². The van der Waals surface area contributed by atoms with Gasteiger partial charge in [-0.1, -0.05) is 54.6 Å². The summed E-state index contributed by atoms with van der Waals surface area (Å²) in [5, 5.41) is 14.9. The van der Waals surface area contributed by atoms with E-state index < -0.39 is 30.1 Å². The minimum atomic E-state index is -1.14. The Hall–Kier alpha value is -3.39. The van der Waals surface area contributed by atoms with Crippen LogP contribution in [0.1, 0.15) is 23.1 Å². The minimum absolute atomic E-state index is 0.0997. The number of rotatable bonds is 10. The molecular formula is C22H27N3O5. The third kappa shape index (κ3) is 7.92. The first-order valence-electron chi connectivity index (χ1n) is 9.61. The Morgan fingerprint density at radius 3 is 2.40 bits per heavy atom. The van der Waals surface area contributed by atoms with Crippen LogP contribution in [0.2, 0.25) is 0 Å². The summed E-state index contributed by atoms with van der Waals surface area (Å²) >= 11 is 0. The van der Waals surface area contributed by atoms with Crippen LogP contribution in [0.25, 0.3) is 0 Å². The normalized spacial score (nSPS) is 12.5. The average Bonchev–Trinajstić information content (AvgIpc) is 2.72. The van der Waals surface area contributed by atoms with Crippen LogP contribution >= 0.6 is 0 Å². The number of aliphatic hydroxyl groups excluding tert-OH is 1. The van der Waals surface area contributed by atoms with Crippen molar-refractivity contribution in [3.05, 3.63) is 71.3 Å². The van der Waals surface area contributed by atoms with Gasteiger partial charge in [0.1, 0.15) is 12.6 Å². The highest BCUT2D eigenvalue weighted by molar-refractivity contribution is 5.87. The maximum absolute atomic E-state index is 12.2. The average molecular weight is 413 g/mol. The summed E-state index contributed by atoms with van der Waals surface area (Å²) < 4.78 is 5.03. The lowest BCUT2D eigenvalue weighted by molar-refractivity contribution is -0.128. The van der Waals surface area contributed by atoms with Gasteiger partial charge in [0.05, 0.1) is 12.5 Å². The SMILES string of the molecule is Cc1ccccc1C[C@@H](NC(=O)C[C@@H](O)CNC(=O)OCc1ccccc1)C(N)=O. The van der Waals surface area contributed by atoms with Gasteiger partial charge in [-0.15, -0.1) is 0 Å². The summed E-state index contributed by atoms with van der Waals surface area (Å²) in [7, 11) is 0. The molecule has 0 radical (unpaired) electrons.